The Bertz CT molecular complexity index is 980. The van der Waals surface area contributed by atoms with Crippen molar-refractivity contribution in [1.29, 1.82) is 0 Å². The van der Waals surface area contributed by atoms with Crippen LogP contribution in [0.25, 0.3) is 0 Å². The van der Waals surface area contributed by atoms with Gasteiger partial charge in [0, 0.05) is 31.2 Å². The molecule has 1 aromatic heterocycles. The first-order chi connectivity index (χ1) is 14.5. The highest BCUT2D eigenvalue weighted by molar-refractivity contribution is 6.33. The standard InChI is InChI=1S/C22H26ClN5O2/c1-22(9-5-10-22)25-11-4-8-20(29)27-12-13-28-18(14-24-19(28)15-27)21(30)26-17-7-3-2-6-16(17)23/h2-4,6-8,14,25H,5,9-13,15H2,1H3,(H,26,30)/b8-4+. The molecule has 1 aliphatic heterocycles. The molecule has 0 bridgehead atoms. The third-order valence-corrected chi connectivity index (χ3v) is 6.22. The van der Waals surface area contributed by atoms with Gasteiger partial charge in [-0.15, -0.1) is 0 Å². The zero-order chi connectivity index (χ0) is 21.1. The molecule has 7 nitrogen and oxygen atoms in total. The van der Waals surface area contributed by atoms with Crippen molar-refractivity contribution in [2.24, 2.45) is 0 Å². The van der Waals surface area contributed by atoms with Gasteiger partial charge in [-0.1, -0.05) is 29.8 Å². The average molecular weight is 428 g/mol. The molecule has 0 atom stereocenters. The number of rotatable bonds is 6. The molecule has 1 aliphatic carbocycles. The zero-order valence-electron chi connectivity index (χ0n) is 17.0. The van der Waals surface area contributed by atoms with Gasteiger partial charge in [-0.25, -0.2) is 4.98 Å². The summed E-state index contributed by atoms with van der Waals surface area (Å²) < 4.78 is 1.86. The van der Waals surface area contributed by atoms with E-state index in [0.29, 0.717) is 48.4 Å². The second kappa shape index (κ2) is 8.62. The number of fused-ring (bicyclic) bond motifs is 1. The Morgan fingerprint density at radius 1 is 1.27 bits per heavy atom. The van der Waals surface area contributed by atoms with Crippen LogP contribution in [-0.2, 0) is 17.9 Å². The molecule has 1 fully saturated rings. The van der Waals surface area contributed by atoms with Crippen LogP contribution in [-0.4, -0.2) is 44.9 Å². The number of aromatic nitrogens is 2. The number of carbonyl (C=O) groups is 2. The summed E-state index contributed by atoms with van der Waals surface area (Å²) in [4.78, 5) is 31.3. The molecule has 1 saturated carbocycles. The van der Waals surface area contributed by atoms with Crippen LogP contribution in [0.1, 0.15) is 42.5 Å². The Kier molecular flexibility index (Phi) is 5.92. The smallest absolute Gasteiger partial charge is 0.273 e. The van der Waals surface area contributed by atoms with E-state index in [0.717, 1.165) is 0 Å². The van der Waals surface area contributed by atoms with Gasteiger partial charge in [0.05, 0.1) is 23.5 Å². The molecule has 0 unspecified atom stereocenters. The minimum atomic E-state index is -0.267. The minimum Gasteiger partial charge on any atom is -0.330 e. The summed E-state index contributed by atoms with van der Waals surface area (Å²) in [5.41, 5.74) is 1.25. The molecule has 0 spiro atoms. The topological polar surface area (TPSA) is 79.3 Å². The Labute approximate surface area is 181 Å². The number of anilines is 1. The summed E-state index contributed by atoms with van der Waals surface area (Å²) in [6.45, 7) is 4.35. The molecule has 8 heteroatoms. The maximum Gasteiger partial charge on any atom is 0.273 e. The first kappa shape index (κ1) is 20.6. The van der Waals surface area contributed by atoms with Crippen molar-refractivity contribution >= 4 is 29.1 Å². The van der Waals surface area contributed by atoms with Gasteiger partial charge in [0.2, 0.25) is 5.91 Å². The highest BCUT2D eigenvalue weighted by Crippen LogP contribution is 2.30. The van der Waals surface area contributed by atoms with E-state index in [1.807, 2.05) is 22.8 Å². The lowest BCUT2D eigenvalue weighted by molar-refractivity contribution is -0.127. The van der Waals surface area contributed by atoms with Gasteiger partial charge in [-0.2, -0.15) is 0 Å². The van der Waals surface area contributed by atoms with Crippen LogP contribution in [0.2, 0.25) is 5.02 Å². The van der Waals surface area contributed by atoms with Crippen molar-refractivity contribution in [2.45, 2.75) is 44.8 Å². The Balaban J connectivity index is 1.34. The van der Waals surface area contributed by atoms with Crippen LogP contribution in [0.3, 0.4) is 0 Å². The lowest BCUT2D eigenvalue weighted by atomic mass is 9.78. The number of nitrogens with one attached hydrogen (secondary N) is 2. The van der Waals surface area contributed by atoms with Crippen molar-refractivity contribution in [3.05, 3.63) is 59.2 Å². The van der Waals surface area contributed by atoms with Crippen molar-refractivity contribution in [3.8, 4) is 0 Å². The number of nitrogens with zero attached hydrogens (tertiary/aromatic N) is 3. The van der Waals surface area contributed by atoms with E-state index in [1.54, 1.807) is 29.3 Å². The quantitative estimate of drug-likeness (QED) is 0.694. The average Bonchev–Trinajstić information content (AvgIpc) is 3.14. The zero-order valence-corrected chi connectivity index (χ0v) is 17.8. The minimum absolute atomic E-state index is 0.0353. The van der Waals surface area contributed by atoms with Gasteiger partial charge in [0.25, 0.3) is 5.91 Å². The molecular formula is C22H26ClN5O2. The van der Waals surface area contributed by atoms with E-state index in [-0.39, 0.29) is 17.4 Å². The Morgan fingerprint density at radius 2 is 2.07 bits per heavy atom. The Hall–Kier alpha value is -2.64. The fourth-order valence-corrected chi connectivity index (χ4v) is 4.02. The molecule has 2 amide bonds. The molecule has 1 aromatic carbocycles. The summed E-state index contributed by atoms with van der Waals surface area (Å²) in [5, 5.41) is 6.78. The van der Waals surface area contributed by atoms with Crippen molar-refractivity contribution < 1.29 is 9.59 Å². The first-order valence-electron chi connectivity index (χ1n) is 10.3. The molecule has 0 radical (unpaired) electrons. The van der Waals surface area contributed by atoms with Gasteiger partial charge in [0.15, 0.2) is 0 Å². The lowest BCUT2D eigenvalue weighted by Crippen LogP contribution is -2.48. The molecular weight excluding hydrogens is 402 g/mol. The number of amides is 2. The Morgan fingerprint density at radius 3 is 2.80 bits per heavy atom. The molecule has 0 saturated heterocycles. The molecule has 2 heterocycles. The molecule has 2 aromatic rings. The van der Waals surface area contributed by atoms with Gasteiger partial charge < -0.3 is 20.1 Å². The third kappa shape index (κ3) is 4.42. The second-order valence-corrected chi connectivity index (χ2v) is 8.51. The van der Waals surface area contributed by atoms with E-state index in [1.165, 1.54) is 19.3 Å². The van der Waals surface area contributed by atoms with E-state index in [2.05, 4.69) is 22.5 Å². The number of benzene rings is 1. The molecule has 2 aliphatic rings. The summed E-state index contributed by atoms with van der Waals surface area (Å²) in [5.74, 6) is 0.399. The molecule has 30 heavy (non-hydrogen) atoms. The van der Waals surface area contributed by atoms with Crippen LogP contribution < -0.4 is 10.6 Å². The van der Waals surface area contributed by atoms with E-state index >= 15 is 0 Å². The van der Waals surface area contributed by atoms with Crippen LogP contribution in [0.4, 0.5) is 5.69 Å². The largest absolute Gasteiger partial charge is 0.330 e. The summed E-state index contributed by atoms with van der Waals surface area (Å²) in [6.07, 6.45) is 8.71. The molecule has 2 N–H and O–H groups in total. The first-order valence-corrected chi connectivity index (χ1v) is 10.6. The monoisotopic (exact) mass is 427 g/mol. The van der Waals surface area contributed by atoms with Gasteiger partial charge >= 0.3 is 0 Å². The summed E-state index contributed by atoms with van der Waals surface area (Å²) >= 11 is 6.12. The van der Waals surface area contributed by atoms with Crippen molar-refractivity contribution in [3.63, 3.8) is 0 Å². The van der Waals surface area contributed by atoms with Crippen LogP contribution in [0.15, 0.2) is 42.6 Å². The number of hydrogen-bond donors (Lipinski definition) is 2. The predicted octanol–water partition coefficient (Wildman–Crippen LogP) is 3.22. The van der Waals surface area contributed by atoms with Gasteiger partial charge in [-0.3, -0.25) is 9.59 Å². The summed E-state index contributed by atoms with van der Waals surface area (Å²) in [7, 11) is 0. The normalized spacial score (nSPS) is 17.5. The lowest BCUT2D eigenvalue weighted by Gasteiger charge is -2.39. The van der Waals surface area contributed by atoms with Crippen LogP contribution in [0, 0.1) is 0 Å². The van der Waals surface area contributed by atoms with Crippen molar-refractivity contribution in [2.75, 3.05) is 18.4 Å². The molecule has 4 rings (SSSR count). The van der Waals surface area contributed by atoms with Crippen LogP contribution >= 0.6 is 11.6 Å². The van der Waals surface area contributed by atoms with Crippen molar-refractivity contribution in [1.82, 2.24) is 19.8 Å². The number of para-hydroxylation sites is 1. The molecule has 158 valence electrons. The number of hydrogen-bond acceptors (Lipinski definition) is 4. The van der Waals surface area contributed by atoms with Gasteiger partial charge in [0.1, 0.15) is 11.5 Å². The fourth-order valence-electron chi connectivity index (χ4n) is 3.83. The highest BCUT2D eigenvalue weighted by atomic mass is 35.5. The SMILES string of the molecule is CC1(NC/C=C/C(=O)N2CCn3c(C(=O)Nc4ccccc4Cl)cnc3C2)CCC1. The maximum absolute atomic E-state index is 12.7. The third-order valence-electron chi connectivity index (χ3n) is 5.89. The predicted molar refractivity (Wildman–Crippen MR) is 116 cm³/mol. The fraction of sp³-hybridized carbons (Fsp3) is 0.409. The number of halogens is 1. The number of carbonyl (C=O) groups excluding carboxylic acids is 2. The van der Waals surface area contributed by atoms with E-state index in [4.69, 9.17) is 11.6 Å². The van der Waals surface area contributed by atoms with E-state index in [9.17, 15) is 9.59 Å². The van der Waals surface area contributed by atoms with Crippen LogP contribution in [0.5, 0.6) is 0 Å². The highest BCUT2D eigenvalue weighted by Gasteiger charge is 2.30. The maximum atomic E-state index is 12.7. The van der Waals surface area contributed by atoms with Gasteiger partial charge in [-0.05, 0) is 38.3 Å². The second-order valence-electron chi connectivity index (χ2n) is 8.10. The van der Waals surface area contributed by atoms with E-state index < -0.39 is 0 Å². The number of imidazole rings is 1. The summed E-state index contributed by atoms with van der Waals surface area (Å²) in [6, 6.07) is 7.09.